The maximum atomic E-state index is 13.1. The number of halogens is 1. The molecule has 130 valence electrons. The lowest BCUT2D eigenvalue weighted by atomic mass is 10.2. The van der Waals surface area contributed by atoms with E-state index in [0.29, 0.717) is 27.8 Å². The van der Waals surface area contributed by atoms with Crippen LogP contribution in [0.15, 0.2) is 30.6 Å². The molecule has 2 heterocycles. The number of hydrogen-bond acceptors (Lipinski definition) is 6. The van der Waals surface area contributed by atoms with Crippen LogP contribution in [0.4, 0.5) is 15.9 Å². The highest BCUT2D eigenvalue weighted by atomic mass is 32.1. The standard InChI is InChI=1S/C18H18FN3O2S/c1-10(2)8-24-18(23)15-11(3)14-16(20-9-21-17(14)25-15)22-13-6-4-12(19)5-7-13/h4-7,9-10H,8H2,1-3H3,(H,20,21,22). The molecule has 0 atom stereocenters. The van der Waals surface area contributed by atoms with Crippen LogP contribution in [0.25, 0.3) is 10.2 Å². The first kappa shape index (κ1) is 17.3. The van der Waals surface area contributed by atoms with E-state index in [1.54, 1.807) is 12.1 Å². The third-order valence-corrected chi connectivity index (χ3v) is 4.75. The predicted molar refractivity (Wildman–Crippen MR) is 97.0 cm³/mol. The van der Waals surface area contributed by atoms with Crippen LogP contribution < -0.4 is 5.32 Å². The highest BCUT2D eigenvalue weighted by Crippen LogP contribution is 2.34. The van der Waals surface area contributed by atoms with Crippen molar-refractivity contribution in [1.82, 2.24) is 9.97 Å². The third-order valence-electron chi connectivity index (χ3n) is 3.57. The Bertz CT molecular complexity index is 907. The Hall–Kier alpha value is -2.54. The monoisotopic (exact) mass is 359 g/mol. The smallest absolute Gasteiger partial charge is 0.348 e. The molecular formula is C18H18FN3O2S. The van der Waals surface area contributed by atoms with Crippen LogP contribution >= 0.6 is 11.3 Å². The van der Waals surface area contributed by atoms with Crippen molar-refractivity contribution >= 4 is 39.0 Å². The molecule has 0 bridgehead atoms. The second-order valence-corrected chi connectivity index (χ2v) is 7.08. The lowest BCUT2D eigenvalue weighted by Gasteiger charge is -2.08. The minimum absolute atomic E-state index is 0.272. The average Bonchev–Trinajstić information content (AvgIpc) is 2.93. The van der Waals surface area contributed by atoms with E-state index in [0.717, 1.165) is 10.9 Å². The molecule has 0 unspecified atom stereocenters. The van der Waals surface area contributed by atoms with Gasteiger partial charge in [-0.3, -0.25) is 0 Å². The summed E-state index contributed by atoms with van der Waals surface area (Å²) in [6.07, 6.45) is 1.44. The Morgan fingerprint density at radius 3 is 2.68 bits per heavy atom. The van der Waals surface area contributed by atoms with Crippen LogP contribution in [0.1, 0.15) is 29.1 Å². The van der Waals surface area contributed by atoms with Gasteiger partial charge in [-0.05, 0) is 42.7 Å². The van der Waals surface area contributed by atoms with E-state index in [1.165, 1.54) is 29.8 Å². The molecule has 0 aliphatic carbocycles. The molecule has 0 saturated heterocycles. The van der Waals surface area contributed by atoms with Gasteiger partial charge in [-0.2, -0.15) is 0 Å². The fraction of sp³-hybridized carbons (Fsp3) is 0.278. The van der Waals surface area contributed by atoms with E-state index < -0.39 is 0 Å². The molecule has 0 saturated carbocycles. The summed E-state index contributed by atoms with van der Waals surface area (Å²) in [5.41, 5.74) is 1.48. The number of aromatic nitrogens is 2. The number of nitrogens with one attached hydrogen (secondary N) is 1. The van der Waals surface area contributed by atoms with E-state index >= 15 is 0 Å². The number of nitrogens with zero attached hydrogens (tertiary/aromatic N) is 2. The number of esters is 1. The molecule has 5 nitrogen and oxygen atoms in total. The Balaban J connectivity index is 1.95. The van der Waals surface area contributed by atoms with Crippen molar-refractivity contribution in [2.75, 3.05) is 11.9 Å². The molecule has 3 rings (SSSR count). The molecule has 0 spiro atoms. The zero-order valence-corrected chi connectivity index (χ0v) is 15.0. The van der Waals surface area contributed by atoms with Crippen LogP contribution in [-0.2, 0) is 4.74 Å². The van der Waals surface area contributed by atoms with E-state index in [-0.39, 0.29) is 17.7 Å². The lowest BCUT2D eigenvalue weighted by molar-refractivity contribution is 0.0464. The number of anilines is 2. The summed E-state index contributed by atoms with van der Waals surface area (Å²) in [4.78, 5) is 22.1. The van der Waals surface area contributed by atoms with Gasteiger partial charge in [0.15, 0.2) is 0 Å². The number of hydrogen-bond donors (Lipinski definition) is 1. The number of carbonyl (C=O) groups is 1. The molecule has 0 aliphatic heterocycles. The molecule has 0 radical (unpaired) electrons. The highest BCUT2D eigenvalue weighted by Gasteiger charge is 2.20. The fourth-order valence-electron chi connectivity index (χ4n) is 2.34. The highest BCUT2D eigenvalue weighted by molar-refractivity contribution is 7.20. The predicted octanol–water partition coefficient (Wildman–Crippen LogP) is 4.70. The number of rotatable bonds is 5. The van der Waals surface area contributed by atoms with Gasteiger partial charge in [0.1, 0.15) is 27.7 Å². The van der Waals surface area contributed by atoms with Crippen molar-refractivity contribution < 1.29 is 13.9 Å². The first-order valence-corrected chi connectivity index (χ1v) is 8.71. The molecule has 0 aliphatic rings. The summed E-state index contributed by atoms with van der Waals surface area (Å²) in [5.74, 6) is 0.199. The Kier molecular flexibility index (Phi) is 4.94. The van der Waals surface area contributed by atoms with Crippen LogP contribution in [0.2, 0.25) is 0 Å². The van der Waals surface area contributed by atoms with Gasteiger partial charge in [0, 0.05) is 5.69 Å². The third kappa shape index (κ3) is 3.76. The quantitative estimate of drug-likeness (QED) is 0.669. The topological polar surface area (TPSA) is 64.1 Å². The van der Waals surface area contributed by atoms with Crippen molar-refractivity contribution in [1.29, 1.82) is 0 Å². The average molecular weight is 359 g/mol. The molecule has 1 N–H and O–H groups in total. The summed E-state index contributed by atoms with van der Waals surface area (Å²) < 4.78 is 18.4. The maximum absolute atomic E-state index is 13.1. The molecule has 25 heavy (non-hydrogen) atoms. The maximum Gasteiger partial charge on any atom is 0.348 e. The zero-order valence-electron chi connectivity index (χ0n) is 14.2. The van der Waals surface area contributed by atoms with Gasteiger partial charge in [0.05, 0.1) is 12.0 Å². The molecule has 2 aromatic heterocycles. The van der Waals surface area contributed by atoms with Gasteiger partial charge in [-0.15, -0.1) is 11.3 Å². The zero-order chi connectivity index (χ0) is 18.0. The molecule has 0 amide bonds. The van der Waals surface area contributed by atoms with Crippen LogP contribution in [0, 0.1) is 18.7 Å². The van der Waals surface area contributed by atoms with E-state index in [4.69, 9.17) is 4.74 Å². The summed E-state index contributed by atoms with van der Waals surface area (Å²) >= 11 is 1.29. The first-order chi connectivity index (χ1) is 12.0. The van der Waals surface area contributed by atoms with E-state index in [2.05, 4.69) is 15.3 Å². The molecule has 0 fully saturated rings. The van der Waals surface area contributed by atoms with E-state index in [1.807, 2.05) is 20.8 Å². The molecule has 1 aromatic carbocycles. The van der Waals surface area contributed by atoms with Crippen molar-refractivity contribution in [3.05, 3.63) is 46.9 Å². The molecular weight excluding hydrogens is 341 g/mol. The first-order valence-electron chi connectivity index (χ1n) is 7.89. The Labute approximate surface area is 148 Å². The van der Waals surface area contributed by atoms with Crippen LogP contribution in [0.5, 0.6) is 0 Å². The second-order valence-electron chi connectivity index (χ2n) is 6.08. The van der Waals surface area contributed by atoms with Gasteiger partial charge in [-0.1, -0.05) is 13.8 Å². The van der Waals surface area contributed by atoms with Crippen molar-refractivity contribution in [2.45, 2.75) is 20.8 Å². The summed E-state index contributed by atoms with van der Waals surface area (Å²) in [6.45, 7) is 6.20. The molecule has 7 heteroatoms. The van der Waals surface area contributed by atoms with Gasteiger partial charge < -0.3 is 10.1 Å². The van der Waals surface area contributed by atoms with Crippen molar-refractivity contribution in [2.24, 2.45) is 5.92 Å². The van der Waals surface area contributed by atoms with Crippen molar-refractivity contribution in [3.8, 4) is 0 Å². The normalized spacial score (nSPS) is 11.1. The Morgan fingerprint density at radius 2 is 2.00 bits per heavy atom. The number of carbonyl (C=O) groups excluding carboxylic acids is 1. The summed E-state index contributed by atoms with van der Waals surface area (Å²) in [7, 11) is 0. The SMILES string of the molecule is Cc1c(C(=O)OCC(C)C)sc2ncnc(Nc3ccc(F)cc3)c12. The van der Waals surface area contributed by atoms with Gasteiger partial charge in [0.2, 0.25) is 0 Å². The second kappa shape index (κ2) is 7.14. The van der Waals surface area contributed by atoms with Crippen molar-refractivity contribution in [3.63, 3.8) is 0 Å². The minimum atomic E-state index is -0.345. The Morgan fingerprint density at radius 1 is 1.28 bits per heavy atom. The number of benzene rings is 1. The van der Waals surface area contributed by atoms with Gasteiger partial charge in [0.25, 0.3) is 0 Å². The number of thiophene rings is 1. The van der Waals surface area contributed by atoms with E-state index in [9.17, 15) is 9.18 Å². The summed E-state index contributed by atoms with van der Waals surface area (Å²) in [6, 6.07) is 6.00. The lowest BCUT2D eigenvalue weighted by Crippen LogP contribution is -2.09. The minimum Gasteiger partial charge on any atom is -0.461 e. The number of fused-ring (bicyclic) bond motifs is 1. The largest absolute Gasteiger partial charge is 0.461 e. The van der Waals surface area contributed by atoms with Crippen LogP contribution in [0.3, 0.4) is 0 Å². The fourth-order valence-corrected chi connectivity index (χ4v) is 3.38. The molecule has 3 aromatic rings. The summed E-state index contributed by atoms with van der Waals surface area (Å²) in [5, 5.41) is 3.93. The number of aryl methyl sites for hydroxylation is 1. The van der Waals surface area contributed by atoms with Crippen LogP contribution in [-0.4, -0.2) is 22.5 Å². The van der Waals surface area contributed by atoms with Gasteiger partial charge in [-0.25, -0.2) is 19.2 Å². The number of ether oxygens (including phenoxy) is 1. The van der Waals surface area contributed by atoms with Gasteiger partial charge >= 0.3 is 5.97 Å².